The second-order valence-electron chi connectivity index (χ2n) is 7.08. The molecule has 1 N–H and O–H groups in total. The van der Waals surface area contributed by atoms with Gasteiger partial charge in [0.15, 0.2) is 5.16 Å². The van der Waals surface area contributed by atoms with E-state index in [4.69, 9.17) is 4.98 Å². The van der Waals surface area contributed by atoms with Crippen molar-refractivity contribution in [2.75, 3.05) is 24.2 Å². The highest BCUT2D eigenvalue weighted by atomic mass is 32.2. The van der Waals surface area contributed by atoms with Crippen molar-refractivity contribution >= 4 is 45.0 Å². The van der Waals surface area contributed by atoms with Gasteiger partial charge < -0.3 is 10.2 Å². The number of aromatic nitrogens is 2. The van der Waals surface area contributed by atoms with E-state index in [9.17, 15) is 4.79 Å². The number of piperidine rings is 1. The molecule has 28 heavy (non-hydrogen) atoms. The molecule has 3 heterocycles. The summed E-state index contributed by atoms with van der Waals surface area (Å²) in [7, 11) is 0. The van der Waals surface area contributed by atoms with E-state index in [1.165, 1.54) is 36.2 Å². The van der Waals surface area contributed by atoms with Gasteiger partial charge in [0.25, 0.3) is 5.91 Å². The predicted molar refractivity (Wildman–Crippen MR) is 118 cm³/mol. The van der Waals surface area contributed by atoms with Gasteiger partial charge in [-0.1, -0.05) is 41.6 Å². The van der Waals surface area contributed by atoms with Gasteiger partial charge in [0.05, 0.1) is 10.3 Å². The summed E-state index contributed by atoms with van der Waals surface area (Å²) in [5.41, 5.74) is 2.31. The zero-order valence-corrected chi connectivity index (χ0v) is 17.8. The zero-order valence-electron chi connectivity index (χ0n) is 16.2. The van der Waals surface area contributed by atoms with Gasteiger partial charge >= 0.3 is 0 Å². The van der Waals surface area contributed by atoms with E-state index in [1.807, 2.05) is 24.5 Å². The molecule has 5 nitrogen and oxygen atoms in total. The van der Waals surface area contributed by atoms with E-state index in [1.54, 1.807) is 11.8 Å². The summed E-state index contributed by atoms with van der Waals surface area (Å²) in [6, 6.07) is 10.2. The third-order valence-electron chi connectivity index (χ3n) is 4.99. The summed E-state index contributed by atoms with van der Waals surface area (Å²) in [6.45, 7) is 4.62. The maximum Gasteiger partial charge on any atom is 0.261 e. The molecule has 0 atom stereocenters. The lowest BCUT2D eigenvalue weighted by atomic mass is 10.1. The van der Waals surface area contributed by atoms with Crippen LogP contribution in [0.1, 0.15) is 40.1 Å². The van der Waals surface area contributed by atoms with Crippen molar-refractivity contribution in [3.8, 4) is 0 Å². The summed E-state index contributed by atoms with van der Waals surface area (Å²) < 4.78 is 0. The summed E-state index contributed by atoms with van der Waals surface area (Å²) in [5.74, 6) is 0.918. The van der Waals surface area contributed by atoms with Crippen LogP contribution in [0.2, 0.25) is 0 Å². The number of nitrogens with one attached hydrogen (secondary N) is 1. The van der Waals surface area contributed by atoms with E-state index in [0.29, 0.717) is 11.4 Å². The van der Waals surface area contributed by atoms with Crippen LogP contribution in [-0.2, 0) is 6.54 Å². The van der Waals surface area contributed by atoms with E-state index >= 15 is 0 Å². The third kappa shape index (κ3) is 4.15. The predicted octanol–water partition coefficient (Wildman–Crippen LogP) is 4.64. The Morgan fingerprint density at radius 3 is 2.64 bits per heavy atom. The molecule has 1 amide bonds. The Balaban J connectivity index is 1.59. The third-order valence-corrected chi connectivity index (χ3v) is 6.56. The lowest BCUT2D eigenvalue weighted by Gasteiger charge is -2.28. The molecule has 1 saturated heterocycles. The summed E-state index contributed by atoms with van der Waals surface area (Å²) in [6.07, 6.45) is 5.64. The van der Waals surface area contributed by atoms with Crippen LogP contribution in [0.25, 0.3) is 10.2 Å². The van der Waals surface area contributed by atoms with Crippen LogP contribution in [0.4, 0.5) is 5.82 Å². The molecule has 1 fully saturated rings. The molecule has 1 aliphatic heterocycles. The molecular formula is C21H24N4OS2. The molecule has 146 valence electrons. The minimum Gasteiger partial charge on any atom is -0.356 e. The van der Waals surface area contributed by atoms with Crippen molar-refractivity contribution < 1.29 is 4.79 Å². The minimum absolute atomic E-state index is 0.0566. The second-order valence-corrected chi connectivity index (χ2v) is 8.88. The van der Waals surface area contributed by atoms with E-state index in [2.05, 4.69) is 34.3 Å². The van der Waals surface area contributed by atoms with Gasteiger partial charge in [0, 0.05) is 19.6 Å². The lowest BCUT2D eigenvalue weighted by Crippen LogP contribution is -2.30. The molecule has 0 saturated carbocycles. The number of thiophene rings is 1. The minimum atomic E-state index is -0.0566. The summed E-state index contributed by atoms with van der Waals surface area (Å²) in [5, 5.41) is 4.78. The second kappa shape index (κ2) is 8.49. The van der Waals surface area contributed by atoms with Gasteiger partial charge in [-0.15, -0.1) is 11.3 Å². The maximum absolute atomic E-state index is 12.7. The van der Waals surface area contributed by atoms with Crippen LogP contribution in [0.5, 0.6) is 0 Å². The Kier molecular flexibility index (Phi) is 5.82. The number of anilines is 1. The first-order valence-corrected chi connectivity index (χ1v) is 11.6. The van der Waals surface area contributed by atoms with Crippen molar-refractivity contribution in [1.29, 1.82) is 0 Å². The molecule has 3 aromatic rings. The van der Waals surface area contributed by atoms with E-state index in [0.717, 1.165) is 39.8 Å². The largest absolute Gasteiger partial charge is 0.356 e. The van der Waals surface area contributed by atoms with E-state index < -0.39 is 0 Å². The van der Waals surface area contributed by atoms with Gasteiger partial charge in [0.1, 0.15) is 10.6 Å². The fraction of sp³-hybridized carbons (Fsp3) is 0.381. The SMILES string of the molecule is CSc1nc(N2CCCCC2)c2cc(C(=O)NCc3ccc(C)cc3)sc2n1. The maximum atomic E-state index is 12.7. The van der Waals surface area contributed by atoms with Gasteiger partial charge in [-0.25, -0.2) is 9.97 Å². The Bertz CT molecular complexity index is 978. The number of thioether (sulfide) groups is 1. The summed E-state index contributed by atoms with van der Waals surface area (Å²) >= 11 is 2.99. The van der Waals surface area contributed by atoms with Crippen molar-refractivity contribution in [3.05, 3.63) is 46.3 Å². The number of carbonyl (C=O) groups excluding carboxylic acids is 1. The van der Waals surface area contributed by atoms with Gasteiger partial charge in [-0.3, -0.25) is 4.79 Å². The quantitative estimate of drug-likeness (QED) is 0.489. The molecule has 1 aliphatic rings. The van der Waals surface area contributed by atoms with Crippen molar-refractivity contribution in [1.82, 2.24) is 15.3 Å². The molecule has 7 heteroatoms. The number of hydrogen-bond acceptors (Lipinski definition) is 6. The zero-order chi connectivity index (χ0) is 19.5. The molecular weight excluding hydrogens is 388 g/mol. The number of benzene rings is 1. The number of carbonyl (C=O) groups is 1. The fourth-order valence-corrected chi connectivity index (χ4v) is 4.77. The highest BCUT2D eigenvalue weighted by Gasteiger charge is 2.20. The average molecular weight is 413 g/mol. The van der Waals surface area contributed by atoms with E-state index in [-0.39, 0.29) is 5.91 Å². The smallest absolute Gasteiger partial charge is 0.261 e. The van der Waals surface area contributed by atoms with Crippen LogP contribution >= 0.6 is 23.1 Å². The normalized spacial score (nSPS) is 14.4. The number of nitrogens with zero attached hydrogens (tertiary/aromatic N) is 3. The lowest BCUT2D eigenvalue weighted by molar-refractivity contribution is 0.0955. The Morgan fingerprint density at radius 1 is 1.18 bits per heavy atom. The molecule has 0 unspecified atom stereocenters. The first kappa shape index (κ1) is 19.2. The summed E-state index contributed by atoms with van der Waals surface area (Å²) in [4.78, 5) is 26.1. The fourth-order valence-electron chi connectivity index (χ4n) is 3.41. The Labute approximate surface area is 173 Å². The van der Waals surface area contributed by atoms with Gasteiger partial charge in [-0.05, 0) is 44.1 Å². The first-order chi connectivity index (χ1) is 13.6. The van der Waals surface area contributed by atoms with Crippen LogP contribution in [0, 0.1) is 6.92 Å². The average Bonchev–Trinajstić information content (AvgIpc) is 3.17. The highest BCUT2D eigenvalue weighted by molar-refractivity contribution is 7.98. The number of aryl methyl sites for hydroxylation is 1. The monoisotopic (exact) mass is 412 g/mol. The highest BCUT2D eigenvalue weighted by Crippen LogP contribution is 2.33. The number of fused-ring (bicyclic) bond motifs is 1. The van der Waals surface area contributed by atoms with Crippen molar-refractivity contribution in [2.45, 2.75) is 37.9 Å². The van der Waals surface area contributed by atoms with Crippen LogP contribution in [0.3, 0.4) is 0 Å². The Hall–Kier alpha value is -2.12. The molecule has 0 bridgehead atoms. The van der Waals surface area contributed by atoms with Crippen LogP contribution < -0.4 is 10.2 Å². The number of hydrogen-bond donors (Lipinski definition) is 1. The molecule has 4 rings (SSSR count). The number of amides is 1. The van der Waals surface area contributed by atoms with Crippen LogP contribution in [-0.4, -0.2) is 35.2 Å². The molecule has 0 aliphatic carbocycles. The van der Waals surface area contributed by atoms with Gasteiger partial charge in [0.2, 0.25) is 0 Å². The molecule has 2 aromatic heterocycles. The molecule has 1 aromatic carbocycles. The van der Waals surface area contributed by atoms with Gasteiger partial charge in [-0.2, -0.15) is 0 Å². The van der Waals surface area contributed by atoms with Crippen molar-refractivity contribution in [3.63, 3.8) is 0 Å². The molecule has 0 radical (unpaired) electrons. The van der Waals surface area contributed by atoms with Crippen LogP contribution in [0.15, 0.2) is 35.5 Å². The Morgan fingerprint density at radius 2 is 1.93 bits per heavy atom. The topological polar surface area (TPSA) is 58.1 Å². The first-order valence-electron chi connectivity index (χ1n) is 9.58. The standard InChI is InChI=1S/C21H24N4OS2/c1-14-6-8-15(9-7-14)13-22-19(26)17-12-16-18(25-10-4-3-5-11-25)23-21(27-2)24-20(16)28-17/h6-9,12H,3-5,10-11,13H2,1-2H3,(H,22,26). The van der Waals surface area contributed by atoms with Crippen molar-refractivity contribution in [2.24, 2.45) is 0 Å². The number of rotatable bonds is 5. The molecule has 0 spiro atoms.